The smallest absolute Gasteiger partial charge is 0.191 e. The molecule has 1 aliphatic heterocycles. The van der Waals surface area contributed by atoms with Crippen molar-refractivity contribution < 1.29 is 0 Å². The Hall–Kier alpha value is -1.85. The monoisotopic (exact) mass is 356 g/mol. The minimum atomic E-state index is 0.457. The van der Waals surface area contributed by atoms with Gasteiger partial charge in [0.1, 0.15) is 0 Å². The van der Waals surface area contributed by atoms with Crippen molar-refractivity contribution in [2.45, 2.75) is 25.8 Å². The van der Waals surface area contributed by atoms with Crippen LogP contribution in [0.2, 0.25) is 0 Å². The average molecular weight is 357 g/mol. The molecule has 4 nitrogen and oxygen atoms in total. The van der Waals surface area contributed by atoms with Gasteiger partial charge in [-0.1, -0.05) is 37.3 Å². The summed E-state index contributed by atoms with van der Waals surface area (Å²) in [7, 11) is 1.83. The van der Waals surface area contributed by atoms with E-state index in [0.717, 1.165) is 38.7 Å². The Balaban J connectivity index is 1.38. The van der Waals surface area contributed by atoms with Gasteiger partial charge in [-0.25, -0.2) is 0 Å². The third-order valence-electron chi connectivity index (χ3n) is 4.78. The van der Waals surface area contributed by atoms with Crippen molar-refractivity contribution in [1.82, 2.24) is 15.5 Å². The maximum absolute atomic E-state index is 4.34. The van der Waals surface area contributed by atoms with Crippen molar-refractivity contribution in [3.05, 3.63) is 57.8 Å². The van der Waals surface area contributed by atoms with Gasteiger partial charge in [0.25, 0.3) is 0 Å². The van der Waals surface area contributed by atoms with Crippen molar-refractivity contribution in [3.63, 3.8) is 0 Å². The molecule has 3 rings (SSSR count). The second kappa shape index (κ2) is 9.02. The van der Waals surface area contributed by atoms with E-state index in [4.69, 9.17) is 0 Å². The molecule has 0 saturated heterocycles. The summed E-state index contributed by atoms with van der Waals surface area (Å²) in [4.78, 5) is 8.42. The number of aliphatic imine (C=N–C) groups is 1. The van der Waals surface area contributed by atoms with E-state index in [0.29, 0.717) is 5.92 Å². The average Bonchev–Trinajstić information content (AvgIpc) is 3.12. The molecule has 2 heterocycles. The summed E-state index contributed by atoms with van der Waals surface area (Å²) in [6.07, 6.45) is 1.19. The zero-order valence-corrected chi connectivity index (χ0v) is 16.0. The second-order valence-electron chi connectivity index (χ2n) is 6.59. The molecule has 0 aliphatic carbocycles. The lowest BCUT2D eigenvalue weighted by molar-refractivity contribution is 0.260. The summed E-state index contributed by atoms with van der Waals surface area (Å²) >= 11 is 1.90. The van der Waals surface area contributed by atoms with E-state index in [1.54, 1.807) is 4.88 Å². The Bertz CT molecular complexity index is 680. The highest BCUT2D eigenvalue weighted by atomic mass is 32.1. The lowest BCUT2D eigenvalue weighted by Crippen LogP contribution is -2.43. The van der Waals surface area contributed by atoms with Gasteiger partial charge in [-0.3, -0.25) is 9.89 Å². The fourth-order valence-electron chi connectivity index (χ4n) is 3.20. The molecule has 0 saturated carbocycles. The summed E-state index contributed by atoms with van der Waals surface area (Å²) in [5, 5.41) is 9.09. The Kier molecular flexibility index (Phi) is 6.48. The molecular weight excluding hydrogens is 328 g/mol. The molecule has 0 radical (unpaired) electrons. The van der Waals surface area contributed by atoms with Crippen LogP contribution in [-0.2, 0) is 13.0 Å². The molecule has 25 heavy (non-hydrogen) atoms. The van der Waals surface area contributed by atoms with E-state index >= 15 is 0 Å². The minimum Gasteiger partial charge on any atom is -0.356 e. The van der Waals surface area contributed by atoms with Crippen molar-refractivity contribution in [3.8, 4) is 0 Å². The van der Waals surface area contributed by atoms with E-state index in [1.807, 2.05) is 18.4 Å². The maximum atomic E-state index is 4.34. The lowest BCUT2D eigenvalue weighted by Gasteiger charge is -2.27. The van der Waals surface area contributed by atoms with Gasteiger partial charge >= 0.3 is 0 Å². The summed E-state index contributed by atoms with van der Waals surface area (Å²) in [6.45, 7) is 7.32. The molecule has 0 amide bonds. The lowest BCUT2D eigenvalue weighted by atomic mass is 10.0. The Labute approximate surface area is 155 Å². The number of thiophene rings is 1. The largest absolute Gasteiger partial charge is 0.356 e. The highest BCUT2D eigenvalue weighted by Crippen LogP contribution is 2.23. The van der Waals surface area contributed by atoms with Gasteiger partial charge in [-0.2, -0.15) is 0 Å². The van der Waals surface area contributed by atoms with Crippen molar-refractivity contribution in [2.75, 3.05) is 33.2 Å². The topological polar surface area (TPSA) is 39.7 Å². The first-order valence-corrected chi connectivity index (χ1v) is 9.91. The number of nitrogens with zero attached hydrogens (tertiary/aromatic N) is 2. The number of benzene rings is 1. The quantitative estimate of drug-likeness (QED) is 0.617. The molecule has 1 atom stereocenters. The van der Waals surface area contributed by atoms with E-state index in [2.05, 4.69) is 69.2 Å². The standard InChI is InChI=1S/C20H28N4S/c1-16(17-6-4-3-5-7-17)14-23-20(21-2)22-10-12-24-11-8-19-18(15-24)9-13-25-19/h3-7,9,13,16H,8,10-12,14-15H2,1-2H3,(H2,21,22,23). The van der Waals surface area contributed by atoms with E-state index in [9.17, 15) is 0 Å². The van der Waals surface area contributed by atoms with Crippen molar-refractivity contribution >= 4 is 17.3 Å². The Morgan fingerprint density at radius 3 is 2.88 bits per heavy atom. The van der Waals surface area contributed by atoms with Crippen LogP contribution in [0.1, 0.15) is 28.8 Å². The van der Waals surface area contributed by atoms with Crippen molar-refractivity contribution in [2.24, 2.45) is 4.99 Å². The molecule has 0 bridgehead atoms. The van der Waals surface area contributed by atoms with Crippen LogP contribution in [0.15, 0.2) is 46.8 Å². The predicted molar refractivity (Wildman–Crippen MR) is 108 cm³/mol. The summed E-state index contributed by atoms with van der Waals surface area (Å²) in [6, 6.07) is 12.9. The third-order valence-corrected chi connectivity index (χ3v) is 5.80. The molecule has 5 heteroatoms. The van der Waals surface area contributed by atoms with Crippen molar-refractivity contribution in [1.29, 1.82) is 0 Å². The van der Waals surface area contributed by atoms with Crippen LogP contribution in [0.4, 0.5) is 0 Å². The maximum Gasteiger partial charge on any atom is 0.191 e. The number of guanidine groups is 1. The Morgan fingerprint density at radius 1 is 1.24 bits per heavy atom. The van der Waals surface area contributed by atoms with Gasteiger partial charge in [0, 0.05) is 44.6 Å². The number of hydrogen-bond acceptors (Lipinski definition) is 3. The van der Waals surface area contributed by atoms with Crippen LogP contribution < -0.4 is 10.6 Å². The SMILES string of the molecule is CN=C(NCCN1CCc2sccc2C1)NCC(C)c1ccccc1. The first-order chi connectivity index (χ1) is 12.3. The molecule has 2 aromatic rings. The number of hydrogen-bond donors (Lipinski definition) is 2. The van der Waals surface area contributed by atoms with Crippen LogP contribution in [0.5, 0.6) is 0 Å². The molecule has 1 aromatic heterocycles. The van der Waals surface area contributed by atoms with Gasteiger partial charge in [-0.05, 0) is 34.9 Å². The van der Waals surface area contributed by atoms with Crippen LogP contribution in [0.25, 0.3) is 0 Å². The van der Waals surface area contributed by atoms with Gasteiger partial charge < -0.3 is 10.6 Å². The highest BCUT2D eigenvalue weighted by molar-refractivity contribution is 7.10. The number of nitrogens with one attached hydrogen (secondary N) is 2. The summed E-state index contributed by atoms with van der Waals surface area (Å²) in [5.41, 5.74) is 2.86. The summed E-state index contributed by atoms with van der Waals surface area (Å²) in [5.74, 6) is 1.34. The molecule has 134 valence electrons. The molecule has 1 aliphatic rings. The van der Waals surface area contributed by atoms with E-state index in [1.165, 1.54) is 17.5 Å². The molecule has 1 aromatic carbocycles. The normalized spacial score (nSPS) is 16.3. The molecule has 2 N–H and O–H groups in total. The zero-order valence-electron chi connectivity index (χ0n) is 15.2. The van der Waals surface area contributed by atoms with Crippen LogP contribution in [0.3, 0.4) is 0 Å². The molecular formula is C20H28N4S. The first kappa shape index (κ1) is 18.0. The van der Waals surface area contributed by atoms with E-state index in [-0.39, 0.29) is 0 Å². The highest BCUT2D eigenvalue weighted by Gasteiger charge is 2.16. The van der Waals surface area contributed by atoms with Gasteiger partial charge in [0.05, 0.1) is 0 Å². The fraction of sp³-hybridized carbons (Fsp3) is 0.450. The van der Waals surface area contributed by atoms with Crippen LogP contribution >= 0.6 is 11.3 Å². The van der Waals surface area contributed by atoms with Crippen LogP contribution in [-0.4, -0.2) is 44.1 Å². The zero-order chi connectivity index (χ0) is 17.5. The van der Waals surface area contributed by atoms with Gasteiger partial charge in [0.2, 0.25) is 0 Å². The first-order valence-electron chi connectivity index (χ1n) is 9.03. The predicted octanol–water partition coefficient (Wildman–Crippen LogP) is 3.07. The molecule has 0 spiro atoms. The molecule has 0 fully saturated rings. The minimum absolute atomic E-state index is 0.457. The number of fused-ring (bicyclic) bond motifs is 1. The molecule has 1 unspecified atom stereocenters. The van der Waals surface area contributed by atoms with Crippen LogP contribution in [0, 0.1) is 0 Å². The third kappa shape index (κ3) is 5.06. The van der Waals surface area contributed by atoms with E-state index < -0.39 is 0 Å². The van der Waals surface area contributed by atoms with Gasteiger partial charge in [-0.15, -0.1) is 11.3 Å². The second-order valence-corrected chi connectivity index (χ2v) is 7.59. The Morgan fingerprint density at radius 2 is 2.08 bits per heavy atom. The van der Waals surface area contributed by atoms with Gasteiger partial charge in [0.15, 0.2) is 5.96 Å². The number of rotatable bonds is 6. The summed E-state index contributed by atoms with van der Waals surface area (Å²) < 4.78 is 0. The fourth-order valence-corrected chi connectivity index (χ4v) is 4.09.